The Bertz CT molecular complexity index is 844. The maximum absolute atomic E-state index is 5.78. The SMILES string of the molecule is CCCCCCc1ccc2c(sc3c(C)c(OCC)ccc32)c1C. The molecule has 128 valence electrons. The van der Waals surface area contributed by atoms with Gasteiger partial charge in [0.1, 0.15) is 5.75 Å². The van der Waals surface area contributed by atoms with Gasteiger partial charge in [-0.2, -0.15) is 0 Å². The molecule has 0 fully saturated rings. The van der Waals surface area contributed by atoms with Crippen LogP contribution in [0.2, 0.25) is 0 Å². The molecule has 0 spiro atoms. The lowest BCUT2D eigenvalue weighted by Crippen LogP contribution is -1.93. The van der Waals surface area contributed by atoms with Crippen molar-refractivity contribution in [3.05, 3.63) is 41.0 Å². The van der Waals surface area contributed by atoms with Crippen molar-refractivity contribution in [2.75, 3.05) is 6.61 Å². The van der Waals surface area contributed by atoms with E-state index in [9.17, 15) is 0 Å². The number of aryl methyl sites for hydroxylation is 3. The van der Waals surface area contributed by atoms with Gasteiger partial charge in [-0.15, -0.1) is 11.3 Å². The van der Waals surface area contributed by atoms with Crippen LogP contribution in [0.1, 0.15) is 56.2 Å². The zero-order chi connectivity index (χ0) is 17.1. The summed E-state index contributed by atoms with van der Waals surface area (Å²) in [6, 6.07) is 9.03. The second-order valence-corrected chi connectivity index (χ2v) is 7.66. The van der Waals surface area contributed by atoms with Gasteiger partial charge >= 0.3 is 0 Å². The van der Waals surface area contributed by atoms with Crippen LogP contribution in [0.5, 0.6) is 5.75 Å². The first-order valence-electron chi connectivity index (χ1n) is 9.24. The van der Waals surface area contributed by atoms with Crippen LogP contribution >= 0.6 is 11.3 Å². The molecule has 0 aliphatic heterocycles. The van der Waals surface area contributed by atoms with Gasteiger partial charge in [0.05, 0.1) is 6.61 Å². The number of fused-ring (bicyclic) bond motifs is 3. The molecule has 0 amide bonds. The molecule has 24 heavy (non-hydrogen) atoms. The molecule has 0 N–H and O–H groups in total. The topological polar surface area (TPSA) is 9.23 Å². The molecular weight excluding hydrogens is 312 g/mol. The highest BCUT2D eigenvalue weighted by molar-refractivity contribution is 7.26. The predicted molar refractivity (Wildman–Crippen MR) is 108 cm³/mol. The quantitative estimate of drug-likeness (QED) is 0.413. The fourth-order valence-corrected chi connectivity index (χ4v) is 4.84. The summed E-state index contributed by atoms with van der Waals surface area (Å²) in [4.78, 5) is 0. The molecular formula is C22H28OS. The molecule has 3 aromatic rings. The van der Waals surface area contributed by atoms with Crippen LogP contribution in [0.4, 0.5) is 0 Å². The molecule has 0 saturated carbocycles. The fraction of sp³-hybridized carbons (Fsp3) is 0.455. The average molecular weight is 341 g/mol. The smallest absolute Gasteiger partial charge is 0.123 e. The molecule has 0 aliphatic carbocycles. The normalized spacial score (nSPS) is 11.5. The Morgan fingerprint density at radius 1 is 0.833 bits per heavy atom. The van der Waals surface area contributed by atoms with Gasteiger partial charge in [0.15, 0.2) is 0 Å². The number of unbranched alkanes of at least 4 members (excludes halogenated alkanes) is 3. The number of thiophene rings is 1. The largest absolute Gasteiger partial charge is 0.494 e. The van der Waals surface area contributed by atoms with Crippen LogP contribution in [0.3, 0.4) is 0 Å². The zero-order valence-electron chi connectivity index (χ0n) is 15.4. The molecule has 1 nitrogen and oxygen atoms in total. The first kappa shape index (κ1) is 17.3. The number of hydrogen-bond acceptors (Lipinski definition) is 2. The van der Waals surface area contributed by atoms with Gasteiger partial charge < -0.3 is 4.74 Å². The van der Waals surface area contributed by atoms with Crippen molar-refractivity contribution in [3.8, 4) is 5.75 Å². The molecule has 2 heteroatoms. The molecule has 1 heterocycles. The van der Waals surface area contributed by atoms with E-state index in [0.29, 0.717) is 0 Å². The Balaban J connectivity index is 2.01. The van der Waals surface area contributed by atoms with E-state index in [1.54, 1.807) is 0 Å². The highest BCUT2D eigenvalue weighted by atomic mass is 32.1. The monoisotopic (exact) mass is 340 g/mol. The second-order valence-electron chi connectivity index (χ2n) is 6.64. The summed E-state index contributed by atoms with van der Waals surface area (Å²) in [7, 11) is 0. The minimum Gasteiger partial charge on any atom is -0.494 e. The van der Waals surface area contributed by atoms with Crippen molar-refractivity contribution >= 4 is 31.5 Å². The van der Waals surface area contributed by atoms with Gasteiger partial charge in [0.2, 0.25) is 0 Å². The molecule has 0 radical (unpaired) electrons. The molecule has 0 unspecified atom stereocenters. The van der Waals surface area contributed by atoms with E-state index < -0.39 is 0 Å². The number of ether oxygens (including phenoxy) is 1. The summed E-state index contributed by atoms with van der Waals surface area (Å²) in [5, 5.41) is 2.77. The van der Waals surface area contributed by atoms with Gasteiger partial charge in [-0.25, -0.2) is 0 Å². The van der Waals surface area contributed by atoms with Crippen LogP contribution in [0.15, 0.2) is 24.3 Å². The van der Waals surface area contributed by atoms with Gasteiger partial charge in [-0.3, -0.25) is 0 Å². The van der Waals surface area contributed by atoms with Crippen LogP contribution in [-0.2, 0) is 6.42 Å². The molecule has 0 atom stereocenters. The highest BCUT2D eigenvalue weighted by Gasteiger charge is 2.13. The van der Waals surface area contributed by atoms with E-state index in [1.165, 1.54) is 69.0 Å². The van der Waals surface area contributed by atoms with E-state index in [4.69, 9.17) is 4.74 Å². The Hall–Kier alpha value is -1.54. The molecule has 0 bridgehead atoms. The first-order chi connectivity index (χ1) is 11.7. The highest BCUT2D eigenvalue weighted by Crippen LogP contribution is 2.41. The summed E-state index contributed by atoms with van der Waals surface area (Å²) in [6.07, 6.45) is 6.51. The molecule has 0 aliphatic rings. The van der Waals surface area contributed by atoms with Gasteiger partial charge in [-0.05, 0) is 56.9 Å². The summed E-state index contributed by atoms with van der Waals surface area (Å²) < 4.78 is 8.61. The van der Waals surface area contributed by atoms with Crippen molar-refractivity contribution in [3.63, 3.8) is 0 Å². The first-order valence-corrected chi connectivity index (χ1v) is 10.1. The standard InChI is InChI=1S/C22H28OS/c1-5-7-8-9-10-17-11-12-18-19-13-14-20(23-6-2)16(4)22(19)24-21(18)15(17)3/h11-14H,5-10H2,1-4H3. The van der Waals surface area contributed by atoms with Crippen LogP contribution in [0.25, 0.3) is 20.2 Å². The lowest BCUT2D eigenvalue weighted by Gasteiger charge is -2.07. The summed E-state index contributed by atoms with van der Waals surface area (Å²) in [5.41, 5.74) is 4.27. The van der Waals surface area contributed by atoms with Gasteiger partial charge in [0, 0.05) is 25.7 Å². The average Bonchev–Trinajstić information content (AvgIpc) is 2.96. The lowest BCUT2D eigenvalue weighted by molar-refractivity contribution is 0.338. The Labute approximate surface area is 149 Å². The van der Waals surface area contributed by atoms with Crippen molar-refractivity contribution in [1.82, 2.24) is 0 Å². The minimum atomic E-state index is 0.720. The molecule has 0 saturated heterocycles. The number of rotatable bonds is 7. The third-order valence-electron chi connectivity index (χ3n) is 4.97. The maximum atomic E-state index is 5.78. The fourth-order valence-electron chi connectivity index (χ4n) is 3.52. The third-order valence-corrected chi connectivity index (χ3v) is 6.43. The summed E-state index contributed by atoms with van der Waals surface area (Å²) in [5.74, 6) is 1.02. The van der Waals surface area contributed by atoms with Gasteiger partial charge in [-0.1, -0.05) is 38.3 Å². The Morgan fingerprint density at radius 2 is 1.54 bits per heavy atom. The maximum Gasteiger partial charge on any atom is 0.123 e. The predicted octanol–water partition coefficient (Wildman–Crippen LogP) is 7.19. The molecule has 1 aromatic heterocycles. The summed E-state index contributed by atoms with van der Waals surface area (Å²) in [6.45, 7) is 9.52. The third kappa shape index (κ3) is 3.17. The Kier molecular flexibility index (Phi) is 5.45. The van der Waals surface area contributed by atoms with Crippen molar-refractivity contribution in [2.24, 2.45) is 0 Å². The molecule has 2 aromatic carbocycles. The zero-order valence-corrected chi connectivity index (χ0v) is 16.2. The van der Waals surface area contributed by atoms with E-state index in [-0.39, 0.29) is 0 Å². The van der Waals surface area contributed by atoms with Crippen molar-refractivity contribution < 1.29 is 4.74 Å². The number of hydrogen-bond donors (Lipinski definition) is 0. The van der Waals surface area contributed by atoms with E-state index in [1.807, 2.05) is 18.3 Å². The van der Waals surface area contributed by atoms with Crippen molar-refractivity contribution in [2.45, 2.75) is 59.8 Å². The van der Waals surface area contributed by atoms with E-state index in [0.717, 1.165) is 12.4 Å². The van der Waals surface area contributed by atoms with Crippen molar-refractivity contribution in [1.29, 1.82) is 0 Å². The summed E-state index contributed by atoms with van der Waals surface area (Å²) >= 11 is 1.93. The van der Waals surface area contributed by atoms with Crippen LogP contribution in [0, 0.1) is 13.8 Å². The van der Waals surface area contributed by atoms with Gasteiger partial charge in [0.25, 0.3) is 0 Å². The second kappa shape index (κ2) is 7.57. The number of benzene rings is 2. The Morgan fingerprint density at radius 3 is 2.25 bits per heavy atom. The van der Waals surface area contributed by atoms with E-state index in [2.05, 4.69) is 45.0 Å². The lowest BCUT2D eigenvalue weighted by atomic mass is 9.99. The molecule has 3 rings (SSSR count). The van der Waals surface area contributed by atoms with E-state index >= 15 is 0 Å². The van der Waals surface area contributed by atoms with Crippen LogP contribution < -0.4 is 4.74 Å². The minimum absolute atomic E-state index is 0.720. The van der Waals surface area contributed by atoms with Crippen LogP contribution in [-0.4, -0.2) is 6.61 Å².